The Labute approximate surface area is 183 Å². The maximum absolute atomic E-state index is 12.7. The summed E-state index contributed by atoms with van der Waals surface area (Å²) in [6.45, 7) is 10.7. The maximum Gasteiger partial charge on any atom is 0.234 e. The molecule has 158 valence electrons. The quantitative estimate of drug-likeness (QED) is 0.420. The van der Waals surface area contributed by atoms with Crippen molar-refractivity contribution < 1.29 is 4.79 Å². The topological polar surface area (TPSA) is 57.8 Å². The molecule has 2 N–H and O–H groups in total. The Kier molecular flexibility index (Phi) is 7.38. The molecular formula is C25H31N3OS. The van der Waals surface area contributed by atoms with E-state index in [4.69, 9.17) is 4.98 Å². The van der Waals surface area contributed by atoms with Gasteiger partial charge in [0.25, 0.3) is 0 Å². The third-order valence-corrected chi connectivity index (χ3v) is 6.03. The number of para-hydroxylation sites is 1. The van der Waals surface area contributed by atoms with Gasteiger partial charge in [0, 0.05) is 17.8 Å². The number of amides is 1. The summed E-state index contributed by atoms with van der Waals surface area (Å²) >= 11 is 1.44. The highest BCUT2D eigenvalue weighted by molar-refractivity contribution is 7.99. The van der Waals surface area contributed by atoms with Gasteiger partial charge in [0.15, 0.2) is 5.16 Å². The predicted octanol–water partition coefficient (Wildman–Crippen LogP) is 6.29. The predicted molar refractivity (Wildman–Crippen MR) is 127 cm³/mol. The second-order valence-electron chi connectivity index (χ2n) is 8.23. The monoisotopic (exact) mass is 421 g/mol. The van der Waals surface area contributed by atoms with Crippen molar-refractivity contribution in [3.8, 4) is 0 Å². The number of aryl methyl sites for hydroxylation is 1. The number of benzene rings is 2. The molecule has 2 aromatic carbocycles. The van der Waals surface area contributed by atoms with Crippen LogP contribution in [0.2, 0.25) is 0 Å². The van der Waals surface area contributed by atoms with Crippen LogP contribution < -0.4 is 5.32 Å². The minimum Gasteiger partial charge on any atom is -0.337 e. The number of aromatic amines is 1. The molecule has 1 amide bonds. The van der Waals surface area contributed by atoms with Crippen molar-refractivity contribution in [1.82, 2.24) is 9.97 Å². The normalized spacial score (nSPS) is 11.3. The van der Waals surface area contributed by atoms with E-state index in [1.165, 1.54) is 28.5 Å². The van der Waals surface area contributed by atoms with Gasteiger partial charge >= 0.3 is 0 Å². The largest absolute Gasteiger partial charge is 0.337 e. The number of hydrogen-bond acceptors (Lipinski definition) is 3. The van der Waals surface area contributed by atoms with Gasteiger partial charge in [0.05, 0.1) is 11.4 Å². The summed E-state index contributed by atoms with van der Waals surface area (Å²) in [6.07, 6.45) is 0.787. The van der Waals surface area contributed by atoms with Crippen LogP contribution in [0, 0.1) is 6.92 Å². The van der Waals surface area contributed by atoms with E-state index < -0.39 is 0 Å². The molecule has 1 aromatic heterocycles. The Balaban J connectivity index is 1.67. The van der Waals surface area contributed by atoms with Crippen LogP contribution in [0.3, 0.4) is 0 Å². The Morgan fingerprint density at radius 2 is 1.63 bits per heavy atom. The molecule has 0 unspecified atom stereocenters. The average Bonchev–Trinajstić information content (AvgIpc) is 3.06. The SMILES string of the molecule is Cc1[nH]c(SCC(=O)Nc2c(C(C)C)cccc2C(C)C)nc1Cc1ccccc1. The number of hydrogen-bond donors (Lipinski definition) is 2. The van der Waals surface area contributed by atoms with Gasteiger partial charge in [-0.3, -0.25) is 4.79 Å². The zero-order valence-electron chi connectivity index (χ0n) is 18.5. The van der Waals surface area contributed by atoms with Crippen molar-refractivity contribution >= 4 is 23.4 Å². The molecule has 0 aliphatic carbocycles. The van der Waals surface area contributed by atoms with Gasteiger partial charge in [-0.1, -0.05) is 88.0 Å². The van der Waals surface area contributed by atoms with Crippen LogP contribution >= 0.6 is 11.8 Å². The molecule has 3 rings (SSSR count). The lowest BCUT2D eigenvalue weighted by atomic mass is 9.92. The van der Waals surface area contributed by atoms with Crippen LogP contribution in [0.5, 0.6) is 0 Å². The third-order valence-electron chi connectivity index (χ3n) is 5.16. The van der Waals surface area contributed by atoms with Gasteiger partial charge < -0.3 is 10.3 Å². The molecule has 5 heteroatoms. The summed E-state index contributed by atoms with van der Waals surface area (Å²) in [5.74, 6) is 1.01. The van der Waals surface area contributed by atoms with Crippen molar-refractivity contribution in [2.24, 2.45) is 0 Å². The van der Waals surface area contributed by atoms with Crippen molar-refractivity contribution in [2.75, 3.05) is 11.1 Å². The number of imidazole rings is 1. The van der Waals surface area contributed by atoms with E-state index in [2.05, 4.69) is 68.3 Å². The highest BCUT2D eigenvalue weighted by Gasteiger charge is 2.17. The maximum atomic E-state index is 12.7. The number of carbonyl (C=O) groups is 1. The van der Waals surface area contributed by atoms with E-state index in [1.54, 1.807) is 0 Å². The van der Waals surface area contributed by atoms with Crippen LogP contribution in [-0.2, 0) is 11.2 Å². The second kappa shape index (κ2) is 9.98. The van der Waals surface area contributed by atoms with Crippen LogP contribution in [-0.4, -0.2) is 21.6 Å². The summed E-state index contributed by atoms with van der Waals surface area (Å²) in [4.78, 5) is 20.8. The minimum atomic E-state index is -0.00587. The highest BCUT2D eigenvalue weighted by atomic mass is 32.2. The van der Waals surface area contributed by atoms with E-state index in [1.807, 2.05) is 25.1 Å². The smallest absolute Gasteiger partial charge is 0.234 e. The Bertz CT molecular complexity index is 967. The molecule has 0 saturated heterocycles. The van der Waals surface area contributed by atoms with Crippen LogP contribution in [0.15, 0.2) is 53.7 Å². The fourth-order valence-electron chi connectivity index (χ4n) is 3.50. The molecule has 0 radical (unpaired) electrons. The van der Waals surface area contributed by atoms with Gasteiger partial charge in [-0.2, -0.15) is 0 Å². The first kappa shape index (κ1) is 22.2. The highest BCUT2D eigenvalue weighted by Crippen LogP contribution is 2.32. The molecule has 0 fully saturated rings. The van der Waals surface area contributed by atoms with Crippen molar-refractivity contribution in [3.05, 3.63) is 76.6 Å². The molecule has 0 spiro atoms. The Hall–Kier alpha value is -2.53. The van der Waals surface area contributed by atoms with Gasteiger partial charge in [-0.05, 0) is 35.4 Å². The molecular weight excluding hydrogens is 390 g/mol. The molecule has 0 bridgehead atoms. The van der Waals surface area contributed by atoms with E-state index in [9.17, 15) is 4.79 Å². The first-order valence-corrected chi connectivity index (χ1v) is 11.5. The van der Waals surface area contributed by atoms with E-state index in [0.29, 0.717) is 17.6 Å². The Morgan fingerprint density at radius 3 is 2.23 bits per heavy atom. The molecule has 3 aromatic rings. The number of rotatable bonds is 8. The zero-order chi connectivity index (χ0) is 21.7. The number of H-pyrrole nitrogens is 1. The number of nitrogens with zero attached hydrogens (tertiary/aromatic N) is 1. The molecule has 0 aliphatic rings. The minimum absolute atomic E-state index is 0.00587. The van der Waals surface area contributed by atoms with Crippen LogP contribution in [0.1, 0.15) is 67.6 Å². The van der Waals surface area contributed by atoms with Gasteiger partial charge in [0.1, 0.15) is 0 Å². The fraction of sp³-hybridized carbons (Fsp3) is 0.360. The second-order valence-corrected chi connectivity index (χ2v) is 9.20. The van der Waals surface area contributed by atoms with Crippen molar-refractivity contribution in [2.45, 2.75) is 58.0 Å². The summed E-state index contributed by atoms with van der Waals surface area (Å²) in [5, 5.41) is 3.96. The third kappa shape index (κ3) is 5.54. The molecule has 30 heavy (non-hydrogen) atoms. The van der Waals surface area contributed by atoms with Crippen molar-refractivity contribution in [1.29, 1.82) is 0 Å². The van der Waals surface area contributed by atoms with Crippen molar-refractivity contribution in [3.63, 3.8) is 0 Å². The number of anilines is 1. The number of thioether (sulfide) groups is 1. The first-order chi connectivity index (χ1) is 14.3. The first-order valence-electron chi connectivity index (χ1n) is 10.5. The summed E-state index contributed by atoms with van der Waals surface area (Å²) in [6, 6.07) is 16.6. The van der Waals surface area contributed by atoms with Crippen LogP contribution in [0.4, 0.5) is 5.69 Å². The number of carbonyl (C=O) groups excluding carboxylic acids is 1. The standard InChI is InChI=1S/C25H31N3OS/c1-16(2)20-12-9-13-21(17(3)4)24(20)28-23(29)15-30-25-26-18(5)22(27-25)14-19-10-7-6-8-11-19/h6-13,16-17H,14-15H2,1-5H3,(H,26,27)(H,28,29). The number of aromatic nitrogens is 2. The van der Waals surface area contributed by atoms with Gasteiger partial charge in [-0.15, -0.1) is 0 Å². The lowest BCUT2D eigenvalue weighted by Gasteiger charge is -2.20. The van der Waals surface area contributed by atoms with Gasteiger partial charge in [-0.25, -0.2) is 4.98 Å². The summed E-state index contributed by atoms with van der Waals surface area (Å²) in [5.41, 5.74) is 6.63. The van der Waals surface area contributed by atoms with Crippen LogP contribution in [0.25, 0.3) is 0 Å². The lowest BCUT2D eigenvalue weighted by Crippen LogP contribution is -2.17. The fourth-order valence-corrected chi connectivity index (χ4v) is 4.24. The van der Waals surface area contributed by atoms with Gasteiger partial charge in [0.2, 0.25) is 5.91 Å². The molecule has 0 saturated carbocycles. The molecule has 1 heterocycles. The lowest BCUT2D eigenvalue weighted by molar-refractivity contribution is -0.113. The summed E-state index contributed by atoms with van der Waals surface area (Å²) < 4.78 is 0. The summed E-state index contributed by atoms with van der Waals surface area (Å²) in [7, 11) is 0. The zero-order valence-corrected chi connectivity index (χ0v) is 19.3. The van der Waals surface area contributed by atoms with E-state index >= 15 is 0 Å². The van der Waals surface area contributed by atoms with E-state index in [0.717, 1.165) is 28.7 Å². The Morgan fingerprint density at radius 1 is 1.00 bits per heavy atom. The number of nitrogens with one attached hydrogen (secondary N) is 2. The molecule has 0 atom stereocenters. The molecule has 4 nitrogen and oxygen atoms in total. The van der Waals surface area contributed by atoms with E-state index in [-0.39, 0.29) is 5.91 Å². The average molecular weight is 422 g/mol. The molecule has 0 aliphatic heterocycles.